The van der Waals surface area contributed by atoms with Crippen molar-refractivity contribution in [3.05, 3.63) is 0 Å². The van der Waals surface area contributed by atoms with Crippen LogP contribution in [0.2, 0.25) is 0 Å². The lowest BCUT2D eigenvalue weighted by molar-refractivity contribution is -0.124. The van der Waals surface area contributed by atoms with E-state index in [9.17, 15) is 9.59 Å². The van der Waals surface area contributed by atoms with Crippen LogP contribution in [-0.2, 0) is 9.53 Å². The van der Waals surface area contributed by atoms with Crippen molar-refractivity contribution in [2.45, 2.75) is 64.3 Å². The lowest BCUT2D eigenvalue weighted by Gasteiger charge is -2.30. The predicted molar refractivity (Wildman–Crippen MR) is 75.0 cm³/mol. The highest BCUT2D eigenvalue weighted by atomic mass is 16.6. The van der Waals surface area contributed by atoms with Crippen LogP contribution in [0.25, 0.3) is 0 Å². The number of nitrogens with one attached hydrogen (secondary N) is 3. The van der Waals surface area contributed by atoms with Gasteiger partial charge in [0.1, 0.15) is 11.6 Å². The molecule has 2 rings (SSSR count). The van der Waals surface area contributed by atoms with Crippen LogP contribution in [0.3, 0.4) is 0 Å². The van der Waals surface area contributed by atoms with Crippen molar-refractivity contribution in [1.82, 2.24) is 16.0 Å². The Hall–Kier alpha value is -1.30. The molecule has 0 bridgehead atoms. The van der Waals surface area contributed by atoms with E-state index in [1.54, 1.807) is 20.8 Å². The maximum atomic E-state index is 12.2. The number of ether oxygens (including phenoxy) is 1. The van der Waals surface area contributed by atoms with Gasteiger partial charge in [-0.15, -0.1) is 0 Å². The third kappa shape index (κ3) is 5.00. The molecule has 0 aromatic heterocycles. The summed E-state index contributed by atoms with van der Waals surface area (Å²) in [6.07, 6.45) is 3.43. The Balaban J connectivity index is 1.84. The Morgan fingerprint density at radius 1 is 1.30 bits per heavy atom. The molecule has 1 heterocycles. The van der Waals surface area contributed by atoms with Gasteiger partial charge in [0.25, 0.3) is 0 Å². The van der Waals surface area contributed by atoms with Crippen LogP contribution in [0.5, 0.6) is 0 Å². The molecule has 2 aliphatic rings. The number of hydrogen-bond acceptors (Lipinski definition) is 4. The number of rotatable bonds is 5. The summed E-state index contributed by atoms with van der Waals surface area (Å²) in [6, 6.07) is -0.500. The first-order valence-corrected chi connectivity index (χ1v) is 7.37. The van der Waals surface area contributed by atoms with Gasteiger partial charge >= 0.3 is 6.09 Å². The summed E-state index contributed by atoms with van der Waals surface area (Å²) in [4.78, 5) is 24.0. The van der Waals surface area contributed by atoms with Gasteiger partial charge in [-0.25, -0.2) is 4.79 Å². The molecule has 114 valence electrons. The van der Waals surface area contributed by atoms with E-state index in [-0.39, 0.29) is 12.1 Å². The van der Waals surface area contributed by atoms with Crippen LogP contribution in [0.1, 0.15) is 46.5 Å². The first kappa shape index (κ1) is 15.1. The van der Waals surface area contributed by atoms with Gasteiger partial charge in [-0.05, 0) is 39.5 Å². The molecule has 0 aromatic carbocycles. The Bertz CT molecular complexity index is 370. The maximum absolute atomic E-state index is 12.2. The molecule has 0 radical (unpaired) electrons. The molecule has 0 aromatic rings. The molecule has 1 saturated carbocycles. The molecule has 1 unspecified atom stereocenters. The summed E-state index contributed by atoms with van der Waals surface area (Å²) in [5.41, 5.74) is -0.555. The maximum Gasteiger partial charge on any atom is 0.408 e. The number of hydrogen-bond donors (Lipinski definition) is 3. The fraction of sp³-hybridized carbons (Fsp3) is 0.857. The minimum absolute atomic E-state index is 0.0460. The van der Waals surface area contributed by atoms with Crippen molar-refractivity contribution in [1.29, 1.82) is 0 Å². The molecular formula is C14H25N3O3. The van der Waals surface area contributed by atoms with Crippen LogP contribution in [0.4, 0.5) is 4.79 Å². The fourth-order valence-corrected chi connectivity index (χ4v) is 2.05. The standard InChI is InChI=1S/C14H25N3O3/c1-14(2,3)20-13(19)16-10(8-9-4-5-9)12(18)17-11-6-7-15-11/h9-11,15H,4-8H2,1-3H3,(H,16,19)(H,17,18)/t10-,11?/m0/s1. The van der Waals surface area contributed by atoms with Crippen molar-refractivity contribution in [3.63, 3.8) is 0 Å². The SMILES string of the molecule is CC(C)(C)OC(=O)N[C@@H](CC1CC1)C(=O)NC1CCN1. The molecule has 2 fully saturated rings. The van der Waals surface area contributed by atoms with Crippen LogP contribution in [-0.4, -0.2) is 36.4 Å². The lowest BCUT2D eigenvalue weighted by atomic mass is 10.1. The van der Waals surface area contributed by atoms with Gasteiger partial charge in [-0.1, -0.05) is 12.8 Å². The van der Waals surface area contributed by atoms with Crippen LogP contribution >= 0.6 is 0 Å². The third-order valence-electron chi connectivity index (χ3n) is 3.41. The second-order valence-corrected chi connectivity index (χ2v) is 6.68. The van der Waals surface area contributed by atoms with Gasteiger partial charge in [0.2, 0.25) is 5.91 Å². The van der Waals surface area contributed by atoms with E-state index in [0.717, 1.165) is 25.8 Å². The molecule has 3 N–H and O–H groups in total. The molecule has 6 nitrogen and oxygen atoms in total. The number of amides is 2. The summed E-state index contributed by atoms with van der Waals surface area (Å²) in [7, 11) is 0. The van der Waals surface area contributed by atoms with E-state index in [2.05, 4.69) is 16.0 Å². The number of alkyl carbamates (subject to hydrolysis) is 1. The van der Waals surface area contributed by atoms with E-state index in [4.69, 9.17) is 4.74 Å². The van der Waals surface area contributed by atoms with Crippen molar-refractivity contribution >= 4 is 12.0 Å². The van der Waals surface area contributed by atoms with Crippen molar-refractivity contribution in [2.75, 3.05) is 6.54 Å². The number of carbonyl (C=O) groups is 2. The Labute approximate surface area is 120 Å². The monoisotopic (exact) mass is 283 g/mol. The highest BCUT2D eigenvalue weighted by molar-refractivity contribution is 5.86. The van der Waals surface area contributed by atoms with E-state index >= 15 is 0 Å². The second-order valence-electron chi connectivity index (χ2n) is 6.68. The second kappa shape index (κ2) is 5.99. The van der Waals surface area contributed by atoms with Crippen molar-refractivity contribution in [2.24, 2.45) is 5.92 Å². The van der Waals surface area contributed by atoms with E-state index in [1.807, 2.05) is 0 Å². The van der Waals surface area contributed by atoms with Gasteiger partial charge in [-0.3, -0.25) is 10.1 Å². The molecule has 6 heteroatoms. The lowest BCUT2D eigenvalue weighted by Crippen LogP contribution is -2.59. The molecular weight excluding hydrogens is 258 g/mol. The quantitative estimate of drug-likeness (QED) is 0.706. The Morgan fingerprint density at radius 2 is 1.95 bits per heavy atom. The summed E-state index contributed by atoms with van der Waals surface area (Å²) in [5, 5.41) is 8.71. The molecule has 1 saturated heterocycles. The van der Waals surface area contributed by atoms with Crippen LogP contribution < -0.4 is 16.0 Å². The smallest absolute Gasteiger partial charge is 0.408 e. The first-order valence-electron chi connectivity index (χ1n) is 7.37. The van der Waals surface area contributed by atoms with Gasteiger partial charge in [-0.2, -0.15) is 0 Å². The van der Waals surface area contributed by atoms with Crippen LogP contribution in [0, 0.1) is 5.92 Å². The largest absolute Gasteiger partial charge is 0.444 e. The summed E-state index contributed by atoms with van der Waals surface area (Å²) in [5.74, 6) is 0.426. The topological polar surface area (TPSA) is 79.5 Å². The van der Waals surface area contributed by atoms with Crippen molar-refractivity contribution < 1.29 is 14.3 Å². The van der Waals surface area contributed by atoms with Crippen molar-refractivity contribution in [3.8, 4) is 0 Å². The molecule has 2 amide bonds. The normalized spacial score (nSPS) is 23.4. The average Bonchev–Trinajstić information content (AvgIpc) is 3.03. The van der Waals surface area contributed by atoms with Crippen LogP contribution in [0.15, 0.2) is 0 Å². The minimum atomic E-state index is -0.555. The minimum Gasteiger partial charge on any atom is -0.444 e. The Kier molecular flexibility index (Phi) is 4.52. The summed E-state index contributed by atoms with van der Waals surface area (Å²) >= 11 is 0. The summed E-state index contributed by atoms with van der Waals surface area (Å²) < 4.78 is 5.22. The van der Waals surface area contributed by atoms with Gasteiger partial charge in [0.05, 0.1) is 6.17 Å². The molecule has 1 aliphatic heterocycles. The zero-order valence-electron chi connectivity index (χ0n) is 12.5. The third-order valence-corrected chi connectivity index (χ3v) is 3.41. The highest BCUT2D eigenvalue weighted by Gasteiger charge is 2.33. The first-order chi connectivity index (χ1) is 9.33. The summed E-state index contributed by atoms with van der Waals surface area (Å²) in [6.45, 7) is 6.35. The fourth-order valence-electron chi connectivity index (χ4n) is 2.05. The molecule has 20 heavy (non-hydrogen) atoms. The van der Waals surface area contributed by atoms with E-state index in [1.165, 1.54) is 0 Å². The van der Waals surface area contributed by atoms with Gasteiger partial charge in [0.15, 0.2) is 0 Å². The zero-order chi connectivity index (χ0) is 14.8. The van der Waals surface area contributed by atoms with Gasteiger partial charge in [0, 0.05) is 6.54 Å². The predicted octanol–water partition coefficient (Wildman–Crippen LogP) is 1.12. The Morgan fingerprint density at radius 3 is 2.40 bits per heavy atom. The molecule has 0 spiro atoms. The zero-order valence-corrected chi connectivity index (χ0v) is 12.5. The molecule has 1 aliphatic carbocycles. The average molecular weight is 283 g/mol. The van der Waals surface area contributed by atoms with Gasteiger partial charge < -0.3 is 15.4 Å². The van der Waals surface area contributed by atoms with E-state index in [0.29, 0.717) is 12.3 Å². The number of carbonyl (C=O) groups excluding carboxylic acids is 2. The van der Waals surface area contributed by atoms with E-state index < -0.39 is 17.7 Å². The highest BCUT2D eigenvalue weighted by Crippen LogP contribution is 2.33. The molecule has 2 atom stereocenters.